The second-order valence-corrected chi connectivity index (χ2v) is 3.78. The summed E-state index contributed by atoms with van der Waals surface area (Å²) in [5.41, 5.74) is 0.907. The van der Waals surface area contributed by atoms with Gasteiger partial charge >= 0.3 is 0 Å². The van der Waals surface area contributed by atoms with Crippen LogP contribution in [0.1, 0.15) is 11.7 Å². The molecule has 0 aromatic carbocycles. The maximum Gasteiger partial charge on any atom is 0.136 e. The van der Waals surface area contributed by atoms with E-state index in [1.165, 1.54) is 0 Å². The molecular weight excluding hydrogens is 155 g/mol. The highest BCUT2D eigenvalue weighted by Crippen LogP contribution is 2.42. The van der Waals surface area contributed by atoms with Gasteiger partial charge in [-0.1, -0.05) is 0 Å². The highest BCUT2D eigenvalue weighted by Gasteiger charge is 2.22. The molecule has 0 saturated carbocycles. The Morgan fingerprint density at radius 3 is 3.22 bits per heavy atom. The molecule has 1 unspecified atom stereocenters. The van der Waals surface area contributed by atoms with E-state index in [2.05, 4.69) is 0 Å². The summed E-state index contributed by atoms with van der Waals surface area (Å²) in [6.45, 7) is 0. The first-order valence-electron chi connectivity index (χ1n) is 2.71. The molecule has 1 aromatic rings. The molecule has 1 aliphatic rings. The summed E-state index contributed by atoms with van der Waals surface area (Å²) in [4.78, 5) is 1.15. The first kappa shape index (κ1) is 5.74. The minimum Gasteiger partial charge on any atom is -0.241 e. The average molecular weight is 160 g/mol. The molecule has 1 aromatic heterocycles. The molecule has 0 fully saturated rings. The zero-order valence-corrected chi connectivity index (χ0v) is 6.27. The van der Waals surface area contributed by atoms with E-state index in [1.807, 2.05) is 10.8 Å². The molecule has 0 saturated heterocycles. The zero-order valence-electron chi connectivity index (χ0n) is 4.63. The lowest BCUT2D eigenvalue weighted by Crippen LogP contribution is -1.82. The van der Waals surface area contributed by atoms with Gasteiger partial charge in [0.1, 0.15) is 6.17 Å². The van der Waals surface area contributed by atoms with Crippen molar-refractivity contribution in [2.45, 2.75) is 11.1 Å². The van der Waals surface area contributed by atoms with Crippen molar-refractivity contribution >= 4 is 23.1 Å². The highest BCUT2D eigenvalue weighted by molar-refractivity contribution is 7.99. The Bertz CT molecular complexity index is 219. The first-order valence-corrected chi connectivity index (χ1v) is 4.64. The van der Waals surface area contributed by atoms with Gasteiger partial charge in [0.05, 0.1) is 0 Å². The van der Waals surface area contributed by atoms with Crippen molar-refractivity contribution in [3.63, 3.8) is 0 Å². The van der Waals surface area contributed by atoms with Crippen molar-refractivity contribution in [3.8, 4) is 0 Å². The van der Waals surface area contributed by atoms with Crippen LogP contribution in [0.2, 0.25) is 0 Å². The number of halogens is 1. The normalized spacial score (nSPS) is 24.3. The van der Waals surface area contributed by atoms with Crippen molar-refractivity contribution in [2.75, 3.05) is 5.75 Å². The summed E-state index contributed by atoms with van der Waals surface area (Å²) >= 11 is 3.20. The van der Waals surface area contributed by atoms with Crippen molar-refractivity contribution < 1.29 is 4.39 Å². The van der Waals surface area contributed by atoms with E-state index in [4.69, 9.17) is 0 Å². The predicted molar refractivity (Wildman–Crippen MR) is 38.9 cm³/mol. The van der Waals surface area contributed by atoms with Crippen LogP contribution in [0.4, 0.5) is 4.39 Å². The number of thioether (sulfide) groups is 1. The molecule has 48 valence electrons. The van der Waals surface area contributed by atoms with Crippen LogP contribution in [0.15, 0.2) is 15.7 Å². The maximum absolute atomic E-state index is 12.7. The van der Waals surface area contributed by atoms with Crippen LogP contribution < -0.4 is 0 Å². The third kappa shape index (κ3) is 0.792. The number of alkyl halides is 1. The fourth-order valence-electron chi connectivity index (χ4n) is 0.894. The summed E-state index contributed by atoms with van der Waals surface area (Å²) in [6.07, 6.45) is -0.698. The van der Waals surface area contributed by atoms with Crippen molar-refractivity contribution in [1.82, 2.24) is 0 Å². The van der Waals surface area contributed by atoms with Crippen LogP contribution in [-0.4, -0.2) is 5.75 Å². The lowest BCUT2D eigenvalue weighted by Gasteiger charge is -1.90. The van der Waals surface area contributed by atoms with Gasteiger partial charge in [-0.25, -0.2) is 4.39 Å². The van der Waals surface area contributed by atoms with Crippen LogP contribution in [-0.2, 0) is 0 Å². The number of hydrogen-bond acceptors (Lipinski definition) is 2. The van der Waals surface area contributed by atoms with Gasteiger partial charge in [-0.3, -0.25) is 0 Å². The van der Waals surface area contributed by atoms with Crippen LogP contribution in [0.3, 0.4) is 0 Å². The molecule has 2 rings (SSSR count). The molecule has 0 aliphatic carbocycles. The molecule has 0 nitrogen and oxygen atoms in total. The Balaban J connectivity index is 2.49. The van der Waals surface area contributed by atoms with Crippen molar-refractivity contribution in [2.24, 2.45) is 0 Å². The summed E-state index contributed by atoms with van der Waals surface area (Å²) in [7, 11) is 0. The Labute approximate surface area is 61.1 Å². The molecule has 9 heavy (non-hydrogen) atoms. The average Bonchev–Trinajstić information content (AvgIpc) is 2.35. The molecule has 0 amide bonds. The zero-order chi connectivity index (χ0) is 6.27. The van der Waals surface area contributed by atoms with Gasteiger partial charge in [0.2, 0.25) is 0 Å². The lowest BCUT2D eigenvalue weighted by molar-refractivity contribution is 0.383. The number of thiophene rings is 1. The summed E-state index contributed by atoms with van der Waals surface area (Å²) < 4.78 is 12.7. The SMILES string of the molecule is FC1CSc2cscc21. The first-order chi connectivity index (χ1) is 4.38. The summed E-state index contributed by atoms with van der Waals surface area (Å²) in [5.74, 6) is 0.623. The van der Waals surface area contributed by atoms with Gasteiger partial charge in [-0.15, -0.1) is 11.8 Å². The minimum absolute atomic E-state index is 0.623. The minimum atomic E-state index is -0.698. The van der Waals surface area contributed by atoms with Gasteiger partial charge in [0.15, 0.2) is 0 Å². The molecule has 2 heterocycles. The van der Waals surface area contributed by atoms with E-state index in [0.29, 0.717) is 5.75 Å². The van der Waals surface area contributed by atoms with E-state index in [0.717, 1.165) is 10.5 Å². The standard InChI is InChI=1S/C6H5FS2/c7-5-2-9-6-3-8-1-4(5)6/h1,3,5H,2H2. The van der Waals surface area contributed by atoms with Crippen molar-refractivity contribution in [3.05, 3.63) is 16.3 Å². The maximum atomic E-state index is 12.7. The van der Waals surface area contributed by atoms with Gasteiger partial charge in [-0.2, -0.15) is 11.3 Å². The summed E-state index contributed by atoms with van der Waals surface area (Å²) in [6, 6.07) is 0. The van der Waals surface area contributed by atoms with E-state index < -0.39 is 6.17 Å². The molecule has 0 radical (unpaired) electrons. The van der Waals surface area contributed by atoms with Gasteiger partial charge in [0, 0.05) is 21.6 Å². The largest absolute Gasteiger partial charge is 0.241 e. The Morgan fingerprint density at radius 1 is 1.56 bits per heavy atom. The third-order valence-corrected chi connectivity index (χ3v) is 3.41. The molecular formula is C6H5FS2. The molecule has 1 atom stereocenters. The fraction of sp³-hybridized carbons (Fsp3) is 0.333. The number of fused-ring (bicyclic) bond motifs is 1. The van der Waals surface area contributed by atoms with E-state index in [1.54, 1.807) is 23.1 Å². The molecule has 3 heteroatoms. The highest BCUT2D eigenvalue weighted by atomic mass is 32.2. The van der Waals surface area contributed by atoms with E-state index in [-0.39, 0.29) is 0 Å². The number of hydrogen-bond donors (Lipinski definition) is 0. The fourth-order valence-corrected chi connectivity index (χ4v) is 3.01. The van der Waals surface area contributed by atoms with Crippen LogP contribution in [0, 0.1) is 0 Å². The molecule has 0 N–H and O–H groups in total. The lowest BCUT2D eigenvalue weighted by atomic mass is 10.2. The predicted octanol–water partition coefficient (Wildman–Crippen LogP) is 2.86. The van der Waals surface area contributed by atoms with Crippen LogP contribution in [0.5, 0.6) is 0 Å². The topological polar surface area (TPSA) is 0 Å². The third-order valence-electron chi connectivity index (χ3n) is 1.38. The smallest absolute Gasteiger partial charge is 0.136 e. The summed E-state index contributed by atoms with van der Waals surface area (Å²) in [5, 5.41) is 3.92. The Hall–Kier alpha value is -0.0200. The second kappa shape index (κ2) is 1.99. The molecule has 0 bridgehead atoms. The number of rotatable bonds is 0. The second-order valence-electron chi connectivity index (χ2n) is 1.97. The molecule has 0 spiro atoms. The van der Waals surface area contributed by atoms with Crippen LogP contribution in [0.25, 0.3) is 0 Å². The van der Waals surface area contributed by atoms with E-state index in [9.17, 15) is 4.39 Å². The monoisotopic (exact) mass is 160 g/mol. The van der Waals surface area contributed by atoms with Crippen LogP contribution >= 0.6 is 23.1 Å². The Morgan fingerprint density at radius 2 is 2.44 bits per heavy atom. The molecule has 1 aliphatic heterocycles. The van der Waals surface area contributed by atoms with E-state index >= 15 is 0 Å². The van der Waals surface area contributed by atoms with Gasteiger partial charge in [-0.05, 0) is 5.38 Å². The Kier molecular flexibility index (Phi) is 1.27. The van der Waals surface area contributed by atoms with Gasteiger partial charge in [0.25, 0.3) is 0 Å². The van der Waals surface area contributed by atoms with Gasteiger partial charge < -0.3 is 0 Å². The quantitative estimate of drug-likeness (QED) is 0.562. The van der Waals surface area contributed by atoms with Crippen molar-refractivity contribution in [1.29, 1.82) is 0 Å².